The molecule has 5 aliphatic carbocycles. The van der Waals surface area contributed by atoms with Gasteiger partial charge < -0.3 is 228 Å². The molecular formula is C101H160O49. The van der Waals surface area contributed by atoms with Crippen molar-refractivity contribution in [3.63, 3.8) is 0 Å². The molecule has 0 amide bonds. The topological polar surface area (TPSA) is 762 Å². The Morgan fingerprint density at radius 1 is 0.427 bits per heavy atom. The van der Waals surface area contributed by atoms with Crippen LogP contribution in [-0.4, -0.2) is 484 Å². The van der Waals surface area contributed by atoms with Gasteiger partial charge in [0.1, 0.15) is 182 Å². The Morgan fingerprint density at radius 2 is 0.887 bits per heavy atom. The number of fused-ring (bicyclic) bond motifs is 7. The number of ether oxygens (including phenoxy) is 20. The summed E-state index contributed by atoms with van der Waals surface area (Å²) in [4.78, 5) is 45.7. The van der Waals surface area contributed by atoms with Crippen LogP contribution in [-0.2, 0) is 109 Å². The zero-order valence-corrected chi connectivity index (χ0v) is 86.5. The number of aliphatic hydroxyl groups is 26. The predicted molar refractivity (Wildman–Crippen MR) is 503 cm³/mol. The first-order valence-electron chi connectivity index (χ1n) is 51.8. The van der Waals surface area contributed by atoms with Gasteiger partial charge in [0.05, 0.1) is 93.5 Å². The van der Waals surface area contributed by atoms with Crippen molar-refractivity contribution in [2.24, 2.45) is 50.2 Å². The maximum Gasteiger partial charge on any atom is 0.336 e. The van der Waals surface area contributed by atoms with E-state index in [2.05, 4.69) is 33.1 Å². The number of carbonyl (C=O) groups is 3. The van der Waals surface area contributed by atoms with Crippen molar-refractivity contribution < 1.29 is 242 Å². The van der Waals surface area contributed by atoms with Crippen LogP contribution in [0.3, 0.4) is 0 Å². The average molecular weight is 2160 g/mol. The fourth-order valence-electron chi connectivity index (χ4n) is 25.4. The van der Waals surface area contributed by atoms with E-state index >= 15 is 9.59 Å². The highest BCUT2D eigenvalue weighted by atomic mass is 16.8. The first kappa shape index (κ1) is 121. The molecule has 14 rings (SSSR count). The summed E-state index contributed by atoms with van der Waals surface area (Å²) in [5, 5.41) is 290. The van der Waals surface area contributed by atoms with Crippen molar-refractivity contribution in [2.45, 2.75) is 455 Å². The summed E-state index contributed by atoms with van der Waals surface area (Å²) in [7, 11) is 0. The van der Waals surface area contributed by atoms with Crippen LogP contribution in [0, 0.1) is 50.2 Å². The third-order valence-electron chi connectivity index (χ3n) is 35.3. The molecule has 9 aliphatic heterocycles. The fraction of sp³-hybridized carbons (Fsp3) is 0.871. The normalized spacial score (nSPS) is 49.2. The quantitative estimate of drug-likeness (QED) is 0.00922. The number of rotatable bonds is 35. The molecule has 150 heavy (non-hydrogen) atoms. The first-order chi connectivity index (χ1) is 70.3. The Labute approximate surface area is 867 Å². The molecule has 0 aromatic rings. The molecule has 9 heterocycles. The molecule has 0 radical (unpaired) electrons. The molecule has 49 nitrogen and oxygen atoms in total. The second kappa shape index (κ2) is 47.7. The number of hydrogen-bond donors (Lipinski definition) is 26. The van der Waals surface area contributed by atoms with Gasteiger partial charge in [-0.3, -0.25) is 4.79 Å². The molecule has 0 aromatic carbocycles. The highest BCUT2D eigenvalue weighted by molar-refractivity contribution is 5.89. The number of allylic oxidation sites excluding steroid dienone is 4. The van der Waals surface area contributed by atoms with E-state index in [1.165, 1.54) is 52.0 Å². The Morgan fingerprint density at radius 3 is 1.48 bits per heavy atom. The van der Waals surface area contributed by atoms with Crippen LogP contribution in [0.5, 0.6) is 0 Å². The van der Waals surface area contributed by atoms with Crippen molar-refractivity contribution in [3.8, 4) is 0 Å². The van der Waals surface area contributed by atoms with Crippen LogP contribution in [0.25, 0.3) is 0 Å². The van der Waals surface area contributed by atoms with Crippen LogP contribution in [0.1, 0.15) is 167 Å². The van der Waals surface area contributed by atoms with Crippen LogP contribution in [0.4, 0.5) is 0 Å². The van der Waals surface area contributed by atoms with E-state index in [1.807, 2.05) is 20.8 Å². The summed E-state index contributed by atoms with van der Waals surface area (Å²) < 4.78 is 121. The molecule has 13 fully saturated rings. The lowest BCUT2D eigenvalue weighted by molar-refractivity contribution is -0.390. The second-order valence-electron chi connectivity index (χ2n) is 45.7. The molecule has 49 heteroatoms. The summed E-state index contributed by atoms with van der Waals surface area (Å²) in [6, 6.07) is 0. The van der Waals surface area contributed by atoms with Gasteiger partial charge in [0.25, 0.3) is 0 Å². The van der Waals surface area contributed by atoms with Crippen LogP contribution in [0.15, 0.2) is 60.3 Å². The van der Waals surface area contributed by atoms with E-state index in [9.17, 15) is 138 Å². The largest absolute Gasteiger partial charge is 0.458 e. The van der Waals surface area contributed by atoms with Gasteiger partial charge in [0.2, 0.25) is 6.29 Å². The molecule has 54 atom stereocenters. The van der Waals surface area contributed by atoms with Gasteiger partial charge in [-0.1, -0.05) is 84.4 Å². The highest BCUT2D eigenvalue weighted by Gasteiger charge is 2.74. The van der Waals surface area contributed by atoms with Crippen molar-refractivity contribution >= 4 is 17.9 Å². The second-order valence-corrected chi connectivity index (χ2v) is 45.7. The van der Waals surface area contributed by atoms with Gasteiger partial charge in [-0.2, -0.15) is 0 Å². The van der Waals surface area contributed by atoms with Crippen LogP contribution >= 0.6 is 0 Å². The molecule has 26 N–H and O–H groups in total. The van der Waals surface area contributed by atoms with Crippen molar-refractivity contribution in [3.05, 3.63) is 60.3 Å². The van der Waals surface area contributed by atoms with Crippen molar-refractivity contribution in [2.75, 3.05) is 46.2 Å². The van der Waals surface area contributed by atoms with Gasteiger partial charge in [-0.05, 0) is 152 Å². The average Bonchev–Trinajstić information content (AvgIpc) is 0.670. The SMILES string of the molecule is C=CC(C)(CC/C=C(\C)C(=O)O[C@H]1[C@H](O)[C@@H](O)[C@H](OC(C)(C=C)CC/C=C(/CO)C(=O)OC2CC3(C(=O)O[C@@H]4O[C@H](CO)[C@@H](O)[C@H](O)[C@H]4O[C@@H]4O[C@@H](C)[C@H](O[C@@H]5O[C@H](CO)[C@H](O)[C@H]5O)[C@@H](O[C@@H]5O[C@H](CO)[C@@H](O)[C@H](O)[C@H]5O)[C@H]4O)C(O)CC4(C)C(=CCC5C6(C)CCC(O[C@@H]7O[C@H](CO[C@@H]8OC[C@H](O)[C@H](O)[C@H]8O[C@@H]8OC[C@@H](O)[C@H](O)[C@H]8O)[C@@H](O)[C@H](O)[C@H]7O)C(C)(C)C6CCC54C)C3CC2(C)C)O[C@@H]1C)O[C@@H]1O[C@H](C)[C@@H](O)[C@H](O)[C@H]1O. The fourth-order valence-corrected chi connectivity index (χ4v) is 25.4. The summed E-state index contributed by atoms with van der Waals surface area (Å²) >= 11 is 0. The Balaban J connectivity index is 0.715. The Hall–Kier alpha value is -4.61. The predicted octanol–water partition coefficient (Wildman–Crippen LogP) is -6.57. The molecule has 12 unspecified atom stereocenters. The molecule has 4 saturated carbocycles. The van der Waals surface area contributed by atoms with E-state index in [1.54, 1.807) is 27.7 Å². The van der Waals surface area contributed by atoms with Crippen molar-refractivity contribution in [1.82, 2.24) is 0 Å². The lowest BCUT2D eigenvalue weighted by atomic mass is 9.33. The Kier molecular flexibility index (Phi) is 38.4. The van der Waals surface area contributed by atoms with E-state index < -0.39 is 397 Å². The monoisotopic (exact) mass is 2160 g/mol. The maximum absolute atomic E-state index is 16.9. The lowest BCUT2D eigenvalue weighted by Gasteiger charge is -2.72. The third kappa shape index (κ3) is 23.3. The molecule has 14 aliphatic rings. The van der Waals surface area contributed by atoms with Gasteiger partial charge in [-0.15, -0.1) is 13.2 Å². The highest BCUT2D eigenvalue weighted by Crippen LogP contribution is 2.77. The minimum absolute atomic E-state index is 0.0581. The van der Waals surface area contributed by atoms with Crippen LogP contribution in [0.2, 0.25) is 0 Å². The van der Waals surface area contributed by atoms with Gasteiger partial charge in [-0.25, -0.2) is 9.59 Å². The molecule has 9 saturated heterocycles. The number of esters is 3. The lowest BCUT2D eigenvalue weighted by Crippen LogP contribution is -2.70. The zero-order chi connectivity index (χ0) is 110. The smallest absolute Gasteiger partial charge is 0.336 e. The summed E-state index contributed by atoms with van der Waals surface area (Å²) in [6.45, 7) is 25.5. The standard InChI is InChI=1S/C101H160O49/c1-16-96(11,149-89-74(125)65(116)58(109)41(4)134-89)26-18-20-40(3)82(128)143-77-42(5)136-90(75(126)69(77)120)150-97(12,17-2)27-19-21-44(33-102)83(129)141-57-32-101(93(130)148-92-81(68(119)62(113)50(35-104)139-92)147-88-76(127)79(145-87-73(124)66(117)61(112)49(34-103)137-87)78(43(6)135-88)144-86-71(122)63(114)51(36-105)138-86)46(30-94(57,7)8)45-22-23-54-98(13)28-25-56(95(9,10)53(98)24-29-99(54,14)100(45,15)31-55(101)108)142-85-72(123)67(118)64(115)52(140-85)39-133-91-80(60(111)48(107)38-132-91)146-84-70(121)59(110)47(106)37-131-84/h16-17,20-22,41-43,46-81,84-92,102-127H,1-2,18-19,23-39H2,3-15H3/b40-20+,44-21-/t41-,42-,43+,46?,47-,48+,49-,50-,51-,52-,53?,54?,55?,56?,57?,58-,59+,60+,61-,62-,63+,64-,65+,66+,67+,68+,69-,70-,71-,72-,73-,74-,75-,76-,77-,78+,79+,80-,81-,84+,85+,86+,87+,88+,89+,90+,91+,92+,96?,97?,98?,99?,100?,101?/m1/s1. The van der Waals surface area contributed by atoms with E-state index in [0.717, 1.165) is 0 Å². The van der Waals surface area contributed by atoms with E-state index in [0.29, 0.717) is 37.7 Å². The molecule has 0 bridgehead atoms. The Bertz CT molecular complexity index is 4630. The van der Waals surface area contributed by atoms with E-state index in [4.69, 9.17) is 94.7 Å². The summed E-state index contributed by atoms with van der Waals surface area (Å²) in [5.74, 6) is -4.70. The van der Waals surface area contributed by atoms with Gasteiger partial charge >= 0.3 is 17.9 Å². The minimum Gasteiger partial charge on any atom is -0.458 e. The van der Waals surface area contributed by atoms with Gasteiger partial charge in [0, 0.05) is 17.4 Å². The number of hydrogen-bond acceptors (Lipinski definition) is 49. The van der Waals surface area contributed by atoms with Gasteiger partial charge in [0.15, 0.2) is 62.5 Å². The molecule has 0 spiro atoms. The summed E-state index contributed by atoms with van der Waals surface area (Å²) in [6.07, 6.45) is -67.7. The minimum atomic E-state index is -2.30. The molecule has 858 valence electrons. The molecular weight excluding hydrogens is 2000 g/mol. The number of carbonyl (C=O) groups excluding carboxylic acids is 3. The van der Waals surface area contributed by atoms with Crippen molar-refractivity contribution in [1.29, 1.82) is 0 Å². The third-order valence-corrected chi connectivity index (χ3v) is 35.3. The zero-order valence-electron chi connectivity index (χ0n) is 86.5. The maximum atomic E-state index is 16.9. The van der Waals surface area contributed by atoms with Crippen LogP contribution < -0.4 is 0 Å². The molecule has 0 aromatic heterocycles. The summed E-state index contributed by atoms with van der Waals surface area (Å²) in [5.41, 5.74) is -8.73. The first-order valence-corrected chi connectivity index (χ1v) is 51.8. The van der Waals surface area contributed by atoms with E-state index in [-0.39, 0.29) is 61.5 Å². The number of aliphatic hydroxyl groups excluding tert-OH is 26.